The fraction of sp³-hybridized carbons (Fsp3) is 0.533. The van der Waals surface area contributed by atoms with E-state index in [4.69, 9.17) is 0 Å². The van der Waals surface area contributed by atoms with E-state index in [2.05, 4.69) is 17.6 Å². The number of hydrogen-bond acceptors (Lipinski definition) is 3. The largest absolute Gasteiger partial charge is 0.325 e. The van der Waals surface area contributed by atoms with Crippen LogP contribution in [-0.4, -0.2) is 29.5 Å². The van der Waals surface area contributed by atoms with Crippen LogP contribution in [0.5, 0.6) is 0 Å². The molecule has 1 saturated carbocycles. The number of amides is 1. The number of nitrogens with one attached hydrogen (secondary N) is 2. The second-order valence-electron chi connectivity index (χ2n) is 5.02. The van der Waals surface area contributed by atoms with Gasteiger partial charge in [0.2, 0.25) is 5.91 Å². The smallest absolute Gasteiger partial charge is 0.238 e. The summed E-state index contributed by atoms with van der Waals surface area (Å²) in [5.41, 5.74) is 0.629. The Morgan fingerprint density at radius 1 is 1.35 bits per heavy atom. The van der Waals surface area contributed by atoms with E-state index in [0.717, 1.165) is 23.8 Å². The molecule has 0 aliphatic heterocycles. The number of halogens is 1. The van der Waals surface area contributed by atoms with Gasteiger partial charge in [0, 0.05) is 17.0 Å². The molecule has 1 aromatic carbocycles. The minimum atomic E-state index is -0.299. The zero-order chi connectivity index (χ0) is 14.4. The zero-order valence-corrected chi connectivity index (χ0v) is 12.5. The number of benzene rings is 1. The van der Waals surface area contributed by atoms with Gasteiger partial charge in [0.1, 0.15) is 5.82 Å². The number of rotatable bonds is 6. The number of carbonyl (C=O) groups is 1. The Kier molecular flexibility index (Phi) is 5.86. The fourth-order valence-electron chi connectivity index (χ4n) is 2.49. The van der Waals surface area contributed by atoms with Crippen LogP contribution in [0.1, 0.15) is 26.2 Å². The van der Waals surface area contributed by atoms with E-state index in [9.17, 15) is 9.18 Å². The molecular formula is C15H21FN2OS. The maximum absolute atomic E-state index is 12.7. The van der Waals surface area contributed by atoms with E-state index < -0.39 is 0 Å². The van der Waals surface area contributed by atoms with Crippen LogP contribution in [0.25, 0.3) is 0 Å². The summed E-state index contributed by atoms with van der Waals surface area (Å²) in [5, 5.41) is 6.79. The second-order valence-corrected chi connectivity index (χ2v) is 6.60. The topological polar surface area (TPSA) is 41.1 Å². The van der Waals surface area contributed by atoms with Gasteiger partial charge in [-0.25, -0.2) is 4.39 Å². The molecule has 110 valence electrons. The zero-order valence-electron chi connectivity index (χ0n) is 11.7. The molecule has 0 bridgehead atoms. The molecular weight excluding hydrogens is 275 g/mol. The molecule has 1 aromatic rings. The van der Waals surface area contributed by atoms with E-state index in [1.165, 1.54) is 18.6 Å². The maximum Gasteiger partial charge on any atom is 0.238 e. The summed E-state index contributed by atoms with van der Waals surface area (Å²) >= 11 is 2.00. The van der Waals surface area contributed by atoms with Gasteiger partial charge in [0.05, 0.1) is 6.54 Å². The summed E-state index contributed by atoms with van der Waals surface area (Å²) in [4.78, 5) is 11.8. The average molecular weight is 296 g/mol. The van der Waals surface area contributed by atoms with Crippen molar-refractivity contribution in [3.05, 3.63) is 30.1 Å². The molecule has 2 unspecified atom stereocenters. The number of anilines is 1. The molecule has 0 spiro atoms. The van der Waals surface area contributed by atoms with E-state index in [1.807, 2.05) is 11.8 Å². The molecule has 1 fully saturated rings. The van der Waals surface area contributed by atoms with Gasteiger partial charge in [-0.3, -0.25) is 4.79 Å². The summed E-state index contributed by atoms with van der Waals surface area (Å²) < 4.78 is 12.7. The third kappa shape index (κ3) is 4.80. The van der Waals surface area contributed by atoms with Crippen molar-refractivity contribution in [1.29, 1.82) is 0 Å². The highest BCUT2D eigenvalue weighted by atomic mass is 32.2. The summed E-state index contributed by atoms with van der Waals surface area (Å²) in [7, 11) is 0. The summed E-state index contributed by atoms with van der Waals surface area (Å²) in [6.07, 6.45) is 3.51. The summed E-state index contributed by atoms with van der Waals surface area (Å²) in [6, 6.07) is 6.25. The van der Waals surface area contributed by atoms with Gasteiger partial charge in [-0.15, -0.1) is 0 Å². The third-order valence-corrected chi connectivity index (χ3v) is 4.70. The van der Waals surface area contributed by atoms with Crippen molar-refractivity contribution in [3.8, 4) is 0 Å². The molecule has 0 saturated heterocycles. The lowest BCUT2D eigenvalue weighted by molar-refractivity contribution is -0.115. The van der Waals surface area contributed by atoms with E-state index in [1.54, 1.807) is 12.1 Å². The number of hydrogen-bond donors (Lipinski definition) is 2. The summed E-state index contributed by atoms with van der Waals surface area (Å²) in [6.45, 7) is 2.49. The predicted octanol–water partition coefficient (Wildman–Crippen LogP) is 3.03. The van der Waals surface area contributed by atoms with Crippen LogP contribution in [0.4, 0.5) is 10.1 Å². The van der Waals surface area contributed by atoms with Crippen LogP contribution >= 0.6 is 11.8 Å². The van der Waals surface area contributed by atoms with E-state index >= 15 is 0 Å². The summed E-state index contributed by atoms with van der Waals surface area (Å²) in [5.74, 6) is 0.775. The molecule has 2 N–H and O–H groups in total. The molecule has 1 aliphatic carbocycles. The molecule has 2 rings (SSSR count). The standard InChI is InChI=1S/C15H21FN2OS/c1-2-20-14-8-7-13(9-14)17-10-15(19)18-12-5-3-11(16)4-6-12/h3-6,13-14,17H,2,7-10H2,1H3,(H,18,19). The Morgan fingerprint density at radius 2 is 2.10 bits per heavy atom. The molecule has 0 radical (unpaired) electrons. The lowest BCUT2D eigenvalue weighted by Crippen LogP contribution is -2.34. The Morgan fingerprint density at radius 3 is 2.80 bits per heavy atom. The average Bonchev–Trinajstić information content (AvgIpc) is 2.87. The van der Waals surface area contributed by atoms with Crippen LogP contribution in [-0.2, 0) is 4.79 Å². The highest BCUT2D eigenvalue weighted by molar-refractivity contribution is 7.99. The van der Waals surface area contributed by atoms with Gasteiger partial charge in [-0.2, -0.15) is 11.8 Å². The number of thioether (sulfide) groups is 1. The molecule has 1 aliphatic rings. The predicted molar refractivity (Wildman–Crippen MR) is 82.6 cm³/mol. The first-order valence-corrected chi connectivity index (χ1v) is 8.12. The van der Waals surface area contributed by atoms with Crippen molar-refractivity contribution in [3.63, 3.8) is 0 Å². The van der Waals surface area contributed by atoms with Gasteiger partial charge in [-0.1, -0.05) is 6.92 Å². The Labute approximate surface area is 123 Å². The van der Waals surface area contributed by atoms with Crippen LogP contribution in [0.15, 0.2) is 24.3 Å². The lowest BCUT2D eigenvalue weighted by Gasteiger charge is -2.13. The molecule has 3 nitrogen and oxygen atoms in total. The normalized spacial score (nSPS) is 21.9. The van der Waals surface area contributed by atoms with Crippen molar-refractivity contribution in [1.82, 2.24) is 5.32 Å². The van der Waals surface area contributed by atoms with Crippen molar-refractivity contribution in [2.45, 2.75) is 37.5 Å². The van der Waals surface area contributed by atoms with Gasteiger partial charge in [0.15, 0.2) is 0 Å². The molecule has 0 heterocycles. The molecule has 20 heavy (non-hydrogen) atoms. The first-order valence-electron chi connectivity index (χ1n) is 7.07. The molecule has 2 atom stereocenters. The first-order chi connectivity index (χ1) is 9.67. The second kappa shape index (κ2) is 7.64. The number of carbonyl (C=O) groups excluding carboxylic acids is 1. The van der Waals surface area contributed by atoms with Crippen LogP contribution < -0.4 is 10.6 Å². The molecule has 0 aromatic heterocycles. The fourth-order valence-corrected chi connectivity index (χ4v) is 3.63. The minimum absolute atomic E-state index is 0.0804. The quantitative estimate of drug-likeness (QED) is 0.848. The van der Waals surface area contributed by atoms with Crippen molar-refractivity contribution < 1.29 is 9.18 Å². The maximum atomic E-state index is 12.7. The van der Waals surface area contributed by atoms with Gasteiger partial charge in [-0.05, 0) is 49.3 Å². The SMILES string of the molecule is CCSC1CCC(NCC(=O)Nc2ccc(F)cc2)C1. The van der Waals surface area contributed by atoms with E-state index in [-0.39, 0.29) is 11.7 Å². The minimum Gasteiger partial charge on any atom is -0.325 e. The lowest BCUT2D eigenvalue weighted by atomic mass is 10.2. The van der Waals surface area contributed by atoms with Crippen LogP contribution in [0, 0.1) is 5.82 Å². The Bertz CT molecular complexity index is 438. The van der Waals surface area contributed by atoms with Crippen molar-refractivity contribution in [2.75, 3.05) is 17.6 Å². The van der Waals surface area contributed by atoms with Crippen LogP contribution in [0.2, 0.25) is 0 Å². The van der Waals surface area contributed by atoms with Crippen LogP contribution in [0.3, 0.4) is 0 Å². The molecule has 1 amide bonds. The Balaban J connectivity index is 1.69. The van der Waals surface area contributed by atoms with Gasteiger partial charge >= 0.3 is 0 Å². The Hall–Kier alpha value is -1.07. The van der Waals surface area contributed by atoms with Crippen molar-refractivity contribution in [2.24, 2.45) is 0 Å². The highest BCUT2D eigenvalue weighted by Crippen LogP contribution is 2.29. The third-order valence-electron chi connectivity index (χ3n) is 3.47. The van der Waals surface area contributed by atoms with E-state index in [0.29, 0.717) is 18.3 Å². The van der Waals surface area contributed by atoms with Gasteiger partial charge in [0.25, 0.3) is 0 Å². The van der Waals surface area contributed by atoms with Gasteiger partial charge < -0.3 is 10.6 Å². The van der Waals surface area contributed by atoms with Crippen molar-refractivity contribution >= 4 is 23.4 Å². The monoisotopic (exact) mass is 296 g/mol. The highest BCUT2D eigenvalue weighted by Gasteiger charge is 2.24. The molecule has 5 heteroatoms. The first kappa shape index (κ1) is 15.3.